The van der Waals surface area contributed by atoms with Crippen LogP contribution in [0.4, 0.5) is 0 Å². The highest BCUT2D eigenvalue weighted by atomic mass is 16.1. The topological polar surface area (TPSA) is 58.4 Å². The van der Waals surface area contributed by atoms with E-state index in [4.69, 9.17) is 5.73 Å². The molecule has 1 aliphatic heterocycles. The molecule has 1 amide bonds. The van der Waals surface area contributed by atoms with Crippen molar-refractivity contribution in [2.75, 3.05) is 27.2 Å². The lowest BCUT2D eigenvalue weighted by atomic mass is 9.90. The van der Waals surface area contributed by atoms with Gasteiger partial charge < -0.3 is 16.0 Å². The summed E-state index contributed by atoms with van der Waals surface area (Å²) >= 11 is 0. The molecule has 1 heterocycles. The van der Waals surface area contributed by atoms with Crippen LogP contribution in [0.15, 0.2) is 0 Å². The van der Waals surface area contributed by atoms with Crippen molar-refractivity contribution in [2.24, 2.45) is 5.73 Å². The fourth-order valence-corrected chi connectivity index (χ4v) is 1.31. The maximum Gasteiger partial charge on any atom is 0.240 e. The molecule has 1 fully saturated rings. The molecule has 0 aromatic rings. The Bertz CT molecular complexity index is 151. The molecule has 0 aliphatic carbocycles. The molecule has 0 saturated carbocycles. The van der Waals surface area contributed by atoms with Crippen LogP contribution in [0.5, 0.6) is 0 Å². The Morgan fingerprint density at radius 3 is 2.30 bits per heavy atom. The summed E-state index contributed by atoms with van der Waals surface area (Å²) in [6, 6.07) is 0. The van der Waals surface area contributed by atoms with E-state index in [1.165, 1.54) is 0 Å². The van der Waals surface area contributed by atoms with Crippen LogP contribution in [-0.4, -0.2) is 43.5 Å². The summed E-state index contributed by atoms with van der Waals surface area (Å²) in [5.74, 6) is -0.256. The number of primary amides is 1. The number of carbonyl (C=O) groups excluding carboxylic acids is 1. The highest BCUT2D eigenvalue weighted by molar-refractivity contribution is 5.86. The van der Waals surface area contributed by atoms with Crippen molar-refractivity contribution in [1.29, 1.82) is 0 Å². The molecule has 4 heteroatoms. The highest BCUT2D eigenvalue weighted by Gasteiger charge is 2.44. The average molecular weight is 143 g/mol. The third-order valence-electron chi connectivity index (χ3n) is 2.03. The molecule has 4 nitrogen and oxygen atoms in total. The fourth-order valence-electron chi connectivity index (χ4n) is 1.31. The normalized spacial score (nSPS) is 23.8. The van der Waals surface area contributed by atoms with Crippen molar-refractivity contribution in [3.8, 4) is 0 Å². The number of carbonyl (C=O) groups is 1. The minimum absolute atomic E-state index is 0.256. The molecule has 1 saturated heterocycles. The minimum atomic E-state index is -0.450. The SMILES string of the molecule is CNC1(C(N)=O)CN(C)C1. The van der Waals surface area contributed by atoms with Crippen molar-refractivity contribution in [2.45, 2.75) is 5.54 Å². The van der Waals surface area contributed by atoms with E-state index in [0.29, 0.717) is 0 Å². The second kappa shape index (κ2) is 2.21. The van der Waals surface area contributed by atoms with Gasteiger partial charge in [-0.25, -0.2) is 0 Å². The van der Waals surface area contributed by atoms with E-state index in [2.05, 4.69) is 5.32 Å². The number of nitrogens with two attached hydrogens (primary N) is 1. The number of likely N-dealkylation sites (N-methyl/N-ethyl adjacent to an activating group) is 2. The summed E-state index contributed by atoms with van der Waals surface area (Å²) in [5.41, 5.74) is 4.73. The van der Waals surface area contributed by atoms with Crippen molar-refractivity contribution in [3.63, 3.8) is 0 Å². The first-order valence-corrected chi connectivity index (χ1v) is 3.28. The van der Waals surface area contributed by atoms with Gasteiger partial charge in [0, 0.05) is 13.1 Å². The first-order valence-electron chi connectivity index (χ1n) is 3.28. The van der Waals surface area contributed by atoms with Crippen LogP contribution in [0.3, 0.4) is 0 Å². The third kappa shape index (κ3) is 0.892. The van der Waals surface area contributed by atoms with E-state index in [1.54, 1.807) is 7.05 Å². The molecular formula is C6H13N3O. The Hall–Kier alpha value is -0.610. The summed E-state index contributed by atoms with van der Waals surface area (Å²) in [6.45, 7) is 1.44. The Kier molecular flexibility index (Phi) is 1.66. The number of hydrogen-bond acceptors (Lipinski definition) is 3. The maximum absolute atomic E-state index is 10.8. The Morgan fingerprint density at radius 2 is 2.20 bits per heavy atom. The zero-order chi connectivity index (χ0) is 7.78. The molecule has 0 bridgehead atoms. The van der Waals surface area contributed by atoms with Crippen molar-refractivity contribution < 1.29 is 4.79 Å². The van der Waals surface area contributed by atoms with E-state index in [1.807, 2.05) is 11.9 Å². The van der Waals surface area contributed by atoms with E-state index >= 15 is 0 Å². The first-order chi connectivity index (χ1) is 4.60. The second-order valence-corrected chi connectivity index (χ2v) is 2.87. The molecule has 0 aromatic heterocycles. The number of nitrogens with one attached hydrogen (secondary N) is 1. The molecular weight excluding hydrogens is 130 g/mol. The van der Waals surface area contributed by atoms with Gasteiger partial charge in [-0.05, 0) is 14.1 Å². The molecule has 1 aliphatic rings. The quantitative estimate of drug-likeness (QED) is 0.488. The van der Waals surface area contributed by atoms with E-state index < -0.39 is 5.54 Å². The molecule has 0 atom stereocenters. The van der Waals surface area contributed by atoms with Gasteiger partial charge in [0.25, 0.3) is 0 Å². The summed E-state index contributed by atoms with van der Waals surface area (Å²) in [4.78, 5) is 12.9. The van der Waals surface area contributed by atoms with Gasteiger partial charge in [0.05, 0.1) is 0 Å². The summed E-state index contributed by atoms with van der Waals surface area (Å²) in [7, 11) is 3.72. The van der Waals surface area contributed by atoms with Gasteiger partial charge in [0.2, 0.25) is 5.91 Å². The van der Waals surface area contributed by atoms with Crippen LogP contribution in [0.25, 0.3) is 0 Å². The van der Waals surface area contributed by atoms with Crippen LogP contribution in [0.1, 0.15) is 0 Å². The summed E-state index contributed by atoms with van der Waals surface area (Å²) in [6.07, 6.45) is 0. The fraction of sp³-hybridized carbons (Fsp3) is 0.833. The lowest BCUT2D eigenvalue weighted by Gasteiger charge is -2.45. The monoisotopic (exact) mass is 143 g/mol. The Morgan fingerprint density at radius 1 is 1.70 bits per heavy atom. The highest BCUT2D eigenvalue weighted by Crippen LogP contribution is 2.17. The number of nitrogens with zero attached hydrogens (tertiary/aromatic N) is 1. The largest absolute Gasteiger partial charge is 0.368 e. The third-order valence-corrected chi connectivity index (χ3v) is 2.03. The van der Waals surface area contributed by atoms with Crippen LogP contribution in [0.2, 0.25) is 0 Å². The van der Waals surface area contributed by atoms with Crippen LogP contribution in [0, 0.1) is 0 Å². The predicted molar refractivity (Wildman–Crippen MR) is 38.5 cm³/mol. The van der Waals surface area contributed by atoms with Gasteiger partial charge in [0.1, 0.15) is 5.54 Å². The van der Waals surface area contributed by atoms with Gasteiger partial charge in [0.15, 0.2) is 0 Å². The zero-order valence-corrected chi connectivity index (χ0v) is 6.35. The molecule has 0 unspecified atom stereocenters. The zero-order valence-electron chi connectivity index (χ0n) is 6.35. The standard InChI is InChI=1S/C6H13N3O/c1-8-6(5(7)10)3-9(2)4-6/h8H,3-4H2,1-2H3,(H2,7,10). The molecule has 0 radical (unpaired) electrons. The molecule has 0 spiro atoms. The van der Waals surface area contributed by atoms with Crippen LogP contribution < -0.4 is 11.1 Å². The number of amides is 1. The summed E-state index contributed by atoms with van der Waals surface area (Å²) < 4.78 is 0. The molecule has 3 N–H and O–H groups in total. The molecule has 10 heavy (non-hydrogen) atoms. The van der Waals surface area contributed by atoms with Crippen molar-refractivity contribution in [3.05, 3.63) is 0 Å². The number of likely N-dealkylation sites (tertiary alicyclic amines) is 1. The van der Waals surface area contributed by atoms with Gasteiger partial charge in [-0.2, -0.15) is 0 Å². The molecule has 58 valence electrons. The molecule has 1 rings (SSSR count). The van der Waals surface area contributed by atoms with Crippen molar-refractivity contribution in [1.82, 2.24) is 10.2 Å². The minimum Gasteiger partial charge on any atom is -0.368 e. The predicted octanol–water partition coefficient (Wildman–Crippen LogP) is -1.62. The Balaban J connectivity index is 2.56. The summed E-state index contributed by atoms with van der Waals surface area (Å²) in [5, 5.41) is 2.93. The number of hydrogen-bond donors (Lipinski definition) is 2. The van der Waals surface area contributed by atoms with Gasteiger partial charge in [-0.15, -0.1) is 0 Å². The van der Waals surface area contributed by atoms with Crippen LogP contribution in [-0.2, 0) is 4.79 Å². The van der Waals surface area contributed by atoms with E-state index in [9.17, 15) is 4.79 Å². The molecule has 0 aromatic carbocycles. The van der Waals surface area contributed by atoms with Gasteiger partial charge in [-0.1, -0.05) is 0 Å². The van der Waals surface area contributed by atoms with E-state index in [0.717, 1.165) is 13.1 Å². The Labute approximate surface area is 60.4 Å². The average Bonchev–Trinajstić information content (AvgIpc) is 1.79. The smallest absolute Gasteiger partial charge is 0.240 e. The van der Waals surface area contributed by atoms with Crippen LogP contribution >= 0.6 is 0 Å². The van der Waals surface area contributed by atoms with Gasteiger partial charge >= 0.3 is 0 Å². The van der Waals surface area contributed by atoms with Crippen molar-refractivity contribution >= 4 is 5.91 Å². The maximum atomic E-state index is 10.8. The second-order valence-electron chi connectivity index (χ2n) is 2.87. The first kappa shape index (κ1) is 7.50. The lowest BCUT2D eigenvalue weighted by molar-refractivity contribution is -0.130. The number of rotatable bonds is 2. The van der Waals surface area contributed by atoms with E-state index in [-0.39, 0.29) is 5.91 Å². The van der Waals surface area contributed by atoms with Gasteiger partial charge in [-0.3, -0.25) is 4.79 Å². The lowest BCUT2D eigenvalue weighted by Crippen LogP contribution is -2.73.